The average Bonchev–Trinajstić information content (AvgIpc) is 3.20. The summed E-state index contributed by atoms with van der Waals surface area (Å²) in [5.74, 6) is -0.351. The number of rotatable bonds is 7. The summed E-state index contributed by atoms with van der Waals surface area (Å²) in [5, 5.41) is 8.22. The fourth-order valence-electron chi connectivity index (χ4n) is 3.67. The summed E-state index contributed by atoms with van der Waals surface area (Å²) in [7, 11) is 0. The van der Waals surface area contributed by atoms with E-state index < -0.39 is 6.36 Å². The lowest BCUT2D eigenvalue weighted by Crippen LogP contribution is -2.36. The molecule has 3 rings (SSSR count). The van der Waals surface area contributed by atoms with Gasteiger partial charge in [0.05, 0.1) is 12.2 Å². The fraction of sp³-hybridized carbons (Fsp3) is 0.550. The summed E-state index contributed by atoms with van der Waals surface area (Å²) in [4.78, 5) is 16.4. The van der Waals surface area contributed by atoms with Gasteiger partial charge in [0, 0.05) is 26.2 Å². The van der Waals surface area contributed by atoms with Crippen LogP contribution < -0.4 is 4.74 Å². The van der Waals surface area contributed by atoms with Gasteiger partial charge in [-0.3, -0.25) is 9.69 Å². The average molecular weight is 425 g/mol. The van der Waals surface area contributed by atoms with Gasteiger partial charge in [-0.15, -0.1) is 18.3 Å². The summed E-state index contributed by atoms with van der Waals surface area (Å²) in [6, 6.07) is 6.03. The molecule has 0 bridgehead atoms. The van der Waals surface area contributed by atoms with Crippen molar-refractivity contribution in [3.05, 3.63) is 41.7 Å². The monoisotopic (exact) mass is 425 g/mol. The summed E-state index contributed by atoms with van der Waals surface area (Å²) in [6.45, 7) is 7.31. The predicted octanol–water partition coefficient (Wildman–Crippen LogP) is 3.50. The molecule has 0 spiro atoms. The van der Waals surface area contributed by atoms with Crippen LogP contribution in [0.25, 0.3) is 0 Å². The van der Waals surface area contributed by atoms with Gasteiger partial charge in [0.25, 0.3) is 5.91 Å². The normalized spacial score (nSPS) is 17.7. The van der Waals surface area contributed by atoms with Crippen LogP contribution in [0, 0.1) is 0 Å². The number of ether oxygens (including phenoxy) is 1. The molecular formula is C20H26F3N5O2. The van der Waals surface area contributed by atoms with Gasteiger partial charge < -0.3 is 9.64 Å². The van der Waals surface area contributed by atoms with Crippen molar-refractivity contribution in [3.8, 4) is 5.75 Å². The molecule has 0 saturated carbocycles. The number of nitrogens with zero attached hydrogens (tertiary/aromatic N) is 5. The van der Waals surface area contributed by atoms with E-state index in [0.717, 1.165) is 31.5 Å². The molecule has 1 amide bonds. The number of alkyl halides is 3. The highest BCUT2D eigenvalue weighted by Gasteiger charge is 2.31. The van der Waals surface area contributed by atoms with Crippen LogP contribution in [0.2, 0.25) is 0 Å². The number of carbonyl (C=O) groups excluding carboxylic acids is 1. The van der Waals surface area contributed by atoms with Gasteiger partial charge in [0.2, 0.25) is 0 Å². The molecule has 1 aliphatic rings. The number of benzene rings is 1. The second-order valence-electron chi connectivity index (χ2n) is 7.28. The van der Waals surface area contributed by atoms with Crippen molar-refractivity contribution in [1.29, 1.82) is 0 Å². The summed E-state index contributed by atoms with van der Waals surface area (Å²) >= 11 is 0. The molecule has 1 fully saturated rings. The molecule has 1 aromatic heterocycles. The maximum Gasteiger partial charge on any atom is 0.573 e. The van der Waals surface area contributed by atoms with Gasteiger partial charge in [-0.05, 0) is 50.9 Å². The SMILES string of the molecule is CCN(CC)C(=O)c1cn([C@H]2CCCN(Cc3ccc(OC(F)(F)F)cc3)C2)nn1. The van der Waals surface area contributed by atoms with Crippen LogP contribution in [-0.2, 0) is 6.54 Å². The molecule has 10 heteroatoms. The lowest BCUT2D eigenvalue weighted by atomic mass is 10.0. The van der Waals surface area contributed by atoms with Crippen LogP contribution in [0.1, 0.15) is 48.8 Å². The summed E-state index contributed by atoms with van der Waals surface area (Å²) in [6.07, 6.45) is -1.10. The molecule has 164 valence electrons. The van der Waals surface area contributed by atoms with E-state index in [1.807, 2.05) is 13.8 Å². The minimum Gasteiger partial charge on any atom is -0.406 e. The van der Waals surface area contributed by atoms with E-state index in [-0.39, 0.29) is 17.7 Å². The lowest BCUT2D eigenvalue weighted by Gasteiger charge is -2.32. The Hall–Kier alpha value is -2.62. The van der Waals surface area contributed by atoms with Crippen molar-refractivity contribution in [3.63, 3.8) is 0 Å². The zero-order chi connectivity index (χ0) is 21.7. The van der Waals surface area contributed by atoms with Gasteiger partial charge in [-0.2, -0.15) is 0 Å². The third kappa shape index (κ3) is 5.71. The third-order valence-electron chi connectivity index (χ3n) is 5.20. The number of amides is 1. The van der Waals surface area contributed by atoms with Crippen LogP contribution in [0.5, 0.6) is 5.75 Å². The Morgan fingerprint density at radius 2 is 1.93 bits per heavy atom. The lowest BCUT2D eigenvalue weighted by molar-refractivity contribution is -0.274. The zero-order valence-corrected chi connectivity index (χ0v) is 17.1. The highest BCUT2D eigenvalue weighted by atomic mass is 19.4. The maximum atomic E-state index is 12.4. The maximum absolute atomic E-state index is 12.4. The second-order valence-corrected chi connectivity index (χ2v) is 7.28. The second kappa shape index (κ2) is 9.46. The largest absolute Gasteiger partial charge is 0.573 e. The molecule has 7 nitrogen and oxygen atoms in total. The molecule has 1 aliphatic heterocycles. The molecular weight excluding hydrogens is 399 g/mol. The topological polar surface area (TPSA) is 63.5 Å². The van der Waals surface area contributed by atoms with Crippen LogP contribution in [0.15, 0.2) is 30.5 Å². The van der Waals surface area contributed by atoms with Gasteiger partial charge >= 0.3 is 6.36 Å². The van der Waals surface area contributed by atoms with Crippen molar-refractivity contribution >= 4 is 5.91 Å². The zero-order valence-electron chi connectivity index (χ0n) is 17.1. The molecule has 0 N–H and O–H groups in total. The summed E-state index contributed by atoms with van der Waals surface area (Å²) in [5.41, 5.74) is 1.25. The van der Waals surface area contributed by atoms with Crippen molar-refractivity contribution < 1.29 is 22.7 Å². The van der Waals surface area contributed by atoms with Crippen molar-refractivity contribution in [2.45, 2.75) is 45.6 Å². The van der Waals surface area contributed by atoms with Gasteiger partial charge in [0.1, 0.15) is 5.75 Å². The quantitative estimate of drug-likeness (QED) is 0.680. The van der Waals surface area contributed by atoms with Crippen LogP contribution in [-0.4, -0.2) is 63.2 Å². The molecule has 0 aliphatic carbocycles. The van der Waals surface area contributed by atoms with E-state index in [0.29, 0.717) is 25.3 Å². The number of halogens is 3. The predicted molar refractivity (Wildman–Crippen MR) is 104 cm³/mol. The van der Waals surface area contributed by atoms with Gasteiger partial charge in [0.15, 0.2) is 5.69 Å². The van der Waals surface area contributed by atoms with Gasteiger partial charge in [-0.25, -0.2) is 4.68 Å². The first kappa shape index (κ1) is 22.1. The number of carbonyl (C=O) groups is 1. The van der Waals surface area contributed by atoms with Crippen LogP contribution in [0.3, 0.4) is 0 Å². The van der Waals surface area contributed by atoms with E-state index in [9.17, 15) is 18.0 Å². The Labute approximate surface area is 173 Å². The summed E-state index contributed by atoms with van der Waals surface area (Å²) < 4.78 is 42.5. The number of aromatic nitrogens is 3. The minimum absolute atomic E-state index is 0.0948. The Kier molecular flexibility index (Phi) is 6.96. The number of piperidine rings is 1. The van der Waals surface area contributed by atoms with E-state index in [1.165, 1.54) is 12.1 Å². The van der Waals surface area contributed by atoms with Crippen molar-refractivity contribution in [1.82, 2.24) is 24.8 Å². The van der Waals surface area contributed by atoms with Crippen molar-refractivity contribution in [2.24, 2.45) is 0 Å². The first-order valence-electron chi connectivity index (χ1n) is 10.1. The molecule has 2 aromatic rings. The smallest absolute Gasteiger partial charge is 0.406 e. The molecule has 30 heavy (non-hydrogen) atoms. The Balaban J connectivity index is 1.60. The number of likely N-dealkylation sites (tertiary alicyclic amines) is 1. The van der Waals surface area contributed by atoms with E-state index in [4.69, 9.17) is 0 Å². The van der Waals surface area contributed by atoms with Crippen LogP contribution >= 0.6 is 0 Å². The van der Waals surface area contributed by atoms with E-state index >= 15 is 0 Å². The minimum atomic E-state index is -4.69. The molecule has 2 heterocycles. The highest BCUT2D eigenvalue weighted by Crippen LogP contribution is 2.25. The standard InChI is InChI=1S/C20H26F3N5O2/c1-3-27(4-2)19(29)18-14-28(25-24-18)16-6-5-11-26(13-16)12-15-7-9-17(10-8-15)30-20(21,22)23/h7-10,14,16H,3-6,11-13H2,1-2H3/t16-/m0/s1. The van der Waals surface area contributed by atoms with Crippen LogP contribution in [0.4, 0.5) is 13.2 Å². The first-order chi connectivity index (χ1) is 14.3. The first-order valence-corrected chi connectivity index (χ1v) is 10.1. The van der Waals surface area contributed by atoms with Crippen molar-refractivity contribution in [2.75, 3.05) is 26.2 Å². The number of hydrogen-bond donors (Lipinski definition) is 0. The highest BCUT2D eigenvalue weighted by molar-refractivity contribution is 5.91. The molecule has 1 atom stereocenters. The molecule has 1 saturated heterocycles. The Morgan fingerprint density at radius 3 is 2.57 bits per heavy atom. The number of hydrogen-bond acceptors (Lipinski definition) is 5. The van der Waals surface area contributed by atoms with E-state index in [1.54, 1.807) is 27.9 Å². The molecule has 0 radical (unpaired) electrons. The Bertz CT molecular complexity index is 834. The Morgan fingerprint density at radius 1 is 1.23 bits per heavy atom. The van der Waals surface area contributed by atoms with E-state index in [2.05, 4.69) is 19.9 Å². The van der Waals surface area contributed by atoms with Gasteiger partial charge in [-0.1, -0.05) is 17.3 Å². The molecule has 1 aromatic carbocycles. The third-order valence-corrected chi connectivity index (χ3v) is 5.20. The molecule has 0 unspecified atom stereocenters. The fourth-order valence-corrected chi connectivity index (χ4v) is 3.67.